The van der Waals surface area contributed by atoms with E-state index >= 15 is 0 Å². The number of hydrogen-bond acceptors (Lipinski definition) is 6. The molecule has 3 aromatic rings. The Balaban J connectivity index is 2.11. The van der Waals surface area contributed by atoms with Crippen LogP contribution < -0.4 is 4.74 Å². The van der Waals surface area contributed by atoms with Crippen LogP contribution in [0.3, 0.4) is 0 Å². The van der Waals surface area contributed by atoms with Gasteiger partial charge in [-0.3, -0.25) is 0 Å². The highest BCUT2D eigenvalue weighted by Gasteiger charge is 2.17. The number of hydrogen-bond donors (Lipinski definition) is 0. The largest absolute Gasteiger partial charge is 0.480 e. The van der Waals surface area contributed by atoms with Crippen LogP contribution in [-0.2, 0) is 4.74 Å². The molecule has 0 saturated heterocycles. The summed E-state index contributed by atoms with van der Waals surface area (Å²) in [6.07, 6.45) is 3.09. The maximum atomic E-state index is 12.0. The van der Waals surface area contributed by atoms with Gasteiger partial charge in [0.2, 0.25) is 11.8 Å². The van der Waals surface area contributed by atoms with Gasteiger partial charge in [-0.15, -0.1) is 0 Å². The third kappa shape index (κ3) is 2.50. The highest BCUT2D eigenvalue weighted by atomic mass is 16.5. The Bertz CT molecular complexity index is 812. The second kappa shape index (κ2) is 5.85. The normalized spacial score (nSPS) is 10.6. The van der Waals surface area contributed by atoms with Gasteiger partial charge in [0, 0.05) is 10.9 Å². The van der Waals surface area contributed by atoms with Crippen LogP contribution >= 0.6 is 0 Å². The van der Waals surface area contributed by atoms with Crippen LogP contribution in [0, 0.1) is 0 Å². The van der Waals surface area contributed by atoms with E-state index in [9.17, 15) is 4.79 Å². The molecule has 0 radical (unpaired) electrons. The number of aromatic nitrogens is 2. The number of ether oxygens (including phenoxy) is 2. The van der Waals surface area contributed by atoms with E-state index in [1.54, 1.807) is 19.2 Å². The quantitative estimate of drug-likeness (QED) is 0.689. The van der Waals surface area contributed by atoms with Crippen LogP contribution in [0.25, 0.3) is 22.4 Å². The number of fused-ring (bicyclic) bond motifs is 1. The number of methoxy groups -OCH3 is 1. The molecule has 0 bridgehead atoms. The van der Waals surface area contributed by atoms with Crippen molar-refractivity contribution in [2.45, 2.75) is 6.92 Å². The average molecular weight is 298 g/mol. The van der Waals surface area contributed by atoms with Crippen molar-refractivity contribution >= 4 is 16.9 Å². The Hall–Kier alpha value is -2.89. The summed E-state index contributed by atoms with van der Waals surface area (Å²) in [5.41, 5.74) is 1.79. The zero-order valence-corrected chi connectivity index (χ0v) is 12.2. The first kappa shape index (κ1) is 14.1. The highest BCUT2D eigenvalue weighted by molar-refractivity contribution is 5.97. The van der Waals surface area contributed by atoms with Gasteiger partial charge in [-0.1, -0.05) is 6.07 Å². The molecule has 1 aromatic carbocycles. The van der Waals surface area contributed by atoms with Gasteiger partial charge in [-0.05, 0) is 25.1 Å². The zero-order valence-electron chi connectivity index (χ0n) is 12.2. The zero-order chi connectivity index (χ0) is 15.5. The number of esters is 1. The number of benzene rings is 1. The number of carbonyl (C=O) groups is 1. The molecule has 0 fully saturated rings. The predicted molar refractivity (Wildman–Crippen MR) is 79.7 cm³/mol. The molecule has 3 rings (SSSR count). The molecule has 112 valence electrons. The van der Waals surface area contributed by atoms with E-state index in [-0.39, 0.29) is 5.88 Å². The molecule has 0 amide bonds. The summed E-state index contributed by atoms with van der Waals surface area (Å²) < 4.78 is 15.5. The number of pyridine rings is 1. The molecule has 0 spiro atoms. The van der Waals surface area contributed by atoms with E-state index in [0.29, 0.717) is 23.6 Å². The smallest absolute Gasteiger partial charge is 0.343 e. The lowest BCUT2D eigenvalue weighted by atomic mass is 10.1. The minimum absolute atomic E-state index is 0.232. The summed E-state index contributed by atoms with van der Waals surface area (Å²) in [5, 5.41) is 0.805. The Morgan fingerprint density at radius 3 is 2.86 bits per heavy atom. The Morgan fingerprint density at radius 1 is 1.32 bits per heavy atom. The minimum Gasteiger partial charge on any atom is -0.480 e. The van der Waals surface area contributed by atoms with E-state index in [4.69, 9.17) is 13.9 Å². The SMILES string of the molecule is CCOC(=O)c1cc2ccc(-c3ncco3)cc2nc1OC. The minimum atomic E-state index is -0.453. The molecular weight excluding hydrogens is 284 g/mol. The lowest BCUT2D eigenvalue weighted by Gasteiger charge is -2.09. The van der Waals surface area contributed by atoms with Crippen molar-refractivity contribution in [3.63, 3.8) is 0 Å². The van der Waals surface area contributed by atoms with Crippen molar-refractivity contribution in [2.24, 2.45) is 0 Å². The Kier molecular flexibility index (Phi) is 3.74. The molecule has 6 nitrogen and oxygen atoms in total. The monoisotopic (exact) mass is 298 g/mol. The van der Waals surface area contributed by atoms with Crippen LogP contribution in [0.2, 0.25) is 0 Å². The van der Waals surface area contributed by atoms with Gasteiger partial charge in [0.05, 0.1) is 25.4 Å². The predicted octanol–water partition coefficient (Wildman–Crippen LogP) is 3.08. The van der Waals surface area contributed by atoms with Crippen LogP contribution in [-0.4, -0.2) is 29.7 Å². The first-order valence-corrected chi connectivity index (χ1v) is 6.78. The molecule has 6 heteroatoms. The van der Waals surface area contributed by atoms with Crippen LogP contribution in [0.4, 0.5) is 0 Å². The van der Waals surface area contributed by atoms with Gasteiger partial charge in [-0.25, -0.2) is 14.8 Å². The van der Waals surface area contributed by atoms with Gasteiger partial charge in [0.15, 0.2) is 0 Å². The van der Waals surface area contributed by atoms with E-state index < -0.39 is 5.97 Å². The molecule has 0 aliphatic heterocycles. The van der Waals surface area contributed by atoms with E-state index in [2.05, 4.69) is 9.97 Å². The maximum Gasteiger partial charge on any atom is 0.343 e. The average Bonchev–Trinajstić information content (AvgIpc) is 3.07. The fourth-order valence-corrected chi connectivity index (χ4v) is 2.16. The maximum absolute atomic E-state index is 12.0. The topological polar surface area (TPSA) is 74.5 Å². The summed E-state index contributed by atoms with van der Waals surface area (Å²) in [5.74, 6) is 0.290. The second-order valence-corrected chi connectivity index (χ2v) is 4.51. The molecule has 2 heterocycles. The summed E-state index contributed by atoms with van der Waals surface area (Å²) >= 11 is 0. The van der Waals surface area contributed by atoms with Gasteiger partial charge in [0.1, 0.15) is 11.8 Å². The van der Waals surface area contributed by atoms with Crippen LogP contribution in [0.1, 0.15) is 17.3 Å². The lowest BCUT2D eigenvalue weighted by Crippen LogP contribution is -2.08. The van der Waals surface area contributed by atoms with Crippen molar-refractivity contribution in [1.29, 1.82) is 0 Å². The third-order valence-corrected chi connectivity index (χ3v) is 3.15. The summed E-state index contributed by atoms with van der Waals surface area (Å²) in [4.78, 5) is 20.4. The van der Waals surface area contributed by atoms with Gasteiger partial charge in [-0.2, -0.15) is 0 Å². The lowest BCUT2D eigenvalue weighted by molar-refractivity contribution is 0.0522. The summed E-state index contributed by atoms with van der Waals surface area (Å²) in [7, 11) is 1.47. The molecule has 0 aliphatic rings. The van der Waals surface area contributed by atoms with Crippen molar-refractivity contribution in [3.05, 3.63) is 42.3 Å². The molecule has 2 aromatic heterocycles. The molecule has 0 aliphatic carbocycles. The standard InChI is InChI=1S/C16H14N2O4/c1-3-21-16(19)12-8-10-4-5-11(14-17-6-7-22-14)9-13(10)18-15(12)20-2/h4-9H,3H2,1-2H3. The van der Waals surface area contributed by atoms with Gasteiger partial charge < -0.3 is 13.9 Å². The van der Waals surface area contributed by atoms with Gasteiger partial charge >= 0.3 is 5.97 Å². The number of carbonyl (C=O) groups excluding carboxylic acids is 1. The molecular formula is C16H14N2O4. The molecule has 22 heavy (non-hydrogen) atoms. The fourth-order valence-electron chi connectivity index (χ4n) is 2.16. The van der Waals surface area contributed by atoms with E-state index in [1.807, 2.05) is 18.2 Å². The summed E-state index contributed by atoms with van der Waals surface area (Å²) in [6, 6.07) is 7.25. The van der Waals surface area contributed by atoms with Gasteiger partial charge in [0.25, 0.3) is 0 Å². The first-order valence-electron chi connectivity index (χ1n) is 6.78. The van der Waals surface area contributed by atoms with Crippen molar-refractivity contribution in [1.82, 2.24) is 9.97 Å². The van der Waals surface area contributed by atoms with Crippen LogP contribution in [0.15, 0.2) is 41.1 Å². The van der Waals surface area contributed by atoms with E-state index in [0.717, 1.165) is 10.9 Å². The number of oxazole rings is 1. The Morgan fingerprint density at radius 2 is 2.18 bits per heavy atom. The second-order valence-electron chi connectivity index (χ2n) is 4.51. The molecule has 0 unspecified atom stereocenters. The van der Waals surface area contributed by atoms with Crippen molar-refractivity contribution in [2.75, 3.05) is 13.7 Å². The van der Waals surface area contributed by atoms with Crippen molar-refractivity contribution < 1.29 is 18.7 Å². The van der Waals surface area contributed by atoms with Crippen LogP contribution in [0.5, 0.6) is 5.88 Å². The number of nitrogens with zero attached hydrogens (tertiary/aromatic N) is 2. The third-order valence-electron chi connectivity index (χ3n) is 3.15. The molecule has 0 saturated carbocycles. The Labute approximate surface area is 126 Å². The first-order chi connectivity index (χ1) is 10.7. The highest BCUT2D eigenvalue weighted by Crippen LogP contribution is 2.27. The fraction of sp³-hybridized carbons (Fsp3) is 0.188. The molecule has 0 atom stereocenters. The summed E-state index contributed by atoms with van der Waals surface area (Å²) in [6.45, 7) is 2.05. The molecule has 0 N–H and O–H groups in total. The van der Waals surface area contributed by atoms with Crippen molar-refractivity contribution in [3.8, 4) is 17.3 Å². The van der Waals surface area contributed by atoms with E-state index in [1.165, 1.54) is 13.4 Å². The number of rotatable bonds is 4.